The van der Waals surface area contributed by atoms with Crippen LogP contribution >= 0.6 is 50.8 Å². The van der Waals surface area contributed by atoms with E-state index >= 15 is 0 Å². The van der Waals surface area contributed by atoms with E-state index in [9.17, 15) is 4.79 Å². The van der Waals surface area contributed by atoms with Crippen LogP contribution in [0.4, 0.5) is 0 Å². The molecule has 2 aromatic heterocycles. The van der Waals surface area contributed by atoms with Gasteiger partial charge < -0.3 is 9.73 Å². The third kappa shape index (κ3) is 6.30. The van der Waals surface area contributed by atoms with Gasteiger partial charge in [0.15, 0.2) is 8.68 Å². The van der Waals surface area contributed by atoms with Crippen molar-refractivity contribution in [2.45, 2.75) is 27.8 Å². The molecular weight excluding hydrogens is 470 g/mol. The summed E-state index contributed by atoms with van der Waals surface area (Å²) >= 11 is 7.75. The molecular formula is C16H16BrN5O2S3. The topological polar surface area (TPSA) is 93.8 Å². The molecule has 0 radical (unpaired) electrons. The molecule has 27 heavy (non-hydrogen) atoms. The summed E-state index contributed by atoms with van der Waals surface area (Å²) in [6.45, 7) is 2.72. The monoisotopic (exact) mass is 485 g/mol. The first-order valence-electron chi connectivity index (χ1n) is 8.08. The molecule has 1 N–H and O–H groups in total. The number of nitrogens with one attached hydrogen (secondary N) is 1. The molecule has 0 atom stereocenters. The first-order valence-corrected chi connectivity index (χ1v) is 11.7. The number of carbonyl (C=O) groups excluding carboxylic acids is 1. The molecule has 7 nitrogen and oxygen atoms in total. The van der Waals surface area contributed by atoms with E-state index in [1.165, 1.54) is 34.9 Å². The van der Waals surface area contributed by atoms with Crippen LogP contribution < -0.4 is 5.32 Å². The summed E-state index contributed by atoms with van der Waals surface area (Å²) in [5.74, 6) is 1.88. The summed E-state index contributed by atoms with van der Waals surface area (Å²) in [6.07, 6.45) is 0.926. The smallest absolute Gasteiger partial charge is 0.247 e. The maximum absolute atomic E-state index is 11.6. The van der Waals surface area contributed by atoms with Gasteiger partial charge in [0, 0.05) is 16.6 Å². The Kier molecular flexibility index (Phi) is 7.68. The van der Waals surface area contributed by atoms with Gasteiger partial charge in [0.1, 0.15) is 0 Å². The van der Waals surface area contributed by atoms with Crippen molar-refractivity contribution in [1.29, 1.82) is 0 Å². The standard InChI is InChI=1S/C16H16BrN5O2S3/c1-2-6-18-12(23)8-25-15-21-22-16(27-15)26-9-13-19-20-14(24-13)10-4-3-5-11(17)7-10/h3-5,7H,2,6,8-9H2,1H3,(H,18,23). The van der Waals surface area contributed by atoms with Crippen molar-refractivity contribution in [1.82, 2.24) is 25.7 Å². The highest BCUT2D eigenvalue weighted by Gasteiger charge is 2.12. The molecule has 3 rings (SSSR count). The second-order valence-corrected chi connectivity index (χ2v) is 9.61. The molecule has 0 saturated carbocycles. The van der Waals surface area contributed by atoms with E-state index in [1.807, 2.05) is 31.2 Å². The molecule has 1 aromatic carbocycles. The Morgan fingerprint density at radius 3 is 2.81 bits per heavy atom. The van der Waals surface area contributed by atoms with Crippen LogP contribution in [0.1, 0.15) is 19.2 Å². The fourth-order valence-corrected chi connectivity index (χ4v) is 5.02. The second-order valence-electron chi connectivity index (χ2n) is 5.27. The summed E-state index contributed by atoms with van der Waals surface area (Å²) in [4.78, 5) is 11.6. The Hall–Kier alpha value is -1.43. The molecule has 0 fully saturated rings. The fraction of sp³-hybridized carbons (Fsp3) is 0.312. The van der Waals surface area contributed by atoms with Gasteiger partial charge in [-0.1, -0.05) is 63.8 Å². The molecule has 11 heteroatoms. The number of hydrogen-bond acceptors (Lipinski definition) is 9. The number of hydrogen-bond donors (Lipinski definition) is 1. The van der Waals surface area contributed by atoms with Gasteiger partial charge in [0.25, 0.3) is 0 Å². The van der Waals surface area contributed by atoms with Gasteiger partial charge in [-0.2, -0.15) is 0 Å². The van der Waals surface area contributed by atoms with Crippen molar-refractivity contribution >= 4 is 56.7 Å². The summed E-state index contributed by atoms with van der Waals surface area (Å²) in [5, 5.41) is 19.2. The van der Waals surface area contributed by atoms with Crippen LogP contribution in [-0.2, 0) is 10.5 Å². The first kappa shape index (κ1) is 20.3. The maximum atomic E-state index is 11.6. The molecule has 0 bridgehead atoms. The Labute approximate surface area is 177 Å². The van der Waals surface area contributed by atoms with Crippen LogP contribution in [-0.4, -0.2) is 38.6 Å². The number of aromatic nitrogens is 4. The van der Waals surface area contributed by atoms with E-state index in [1.54, 1.807) is 0 Å². The lowest BCUT2D eigenvalue weighted by molar-refractivity contribution is -0.118. The largest absolute Gasteiger partial charge is 0.420 e. The van der Waals surface area contributed by atoms with Crippen molar-refractivity contribution in [3.63, 3.8) is 0 Å². The molecule has 2 heterocycles. The Bertz CT molecular complexity index is 902. The van der Waals surface area contributed by atoms with Gasteiger partial charge in [-0.3, -0.25) is 4.79 Å². The van der Waals surface area contributed by atoms with Crippen LogP contribution in [0.3, 0.4) is 0 Å². The van der Waals surface area contributed by atoms with Crippen LogP contribution in [0.5, 0.6) is 0 Å². The number of thioether (sulfide) groups is 2. The van der Waals surface area contributed by atoms with Crippen molar-refractivity contribution in [3.05, 3.63) is 34.6 Å². The molecule has 0 saturated heterocycles. The number of nitrogens with zero attached hydrogens (tertiary/aromatic N) is 4. The average Bonchev–Trinajstić information content (AvgIpc) is 3.32. The molecule has 3 aromatic rings. The molecule has 0 aliphatic rings. The highest BCUT2D eigenvalue weighted by atomic mass is 79.9. The third-order valence-electron chi connectivity index (χ3n) is 3.14. The zero-order valence-corrected chi connectivity index (χ0v) is 18.4. The van der Waals surface area contributed by atoms with E-state index in [4.69, 9.17) is 4.42 Å². The van der Waals surface area contributed by atoms with E-state index in [0.717, 1.165) is 25.1 Å². The maximum Gasteiger partial charge on any atom is 0.247 e. The molecule has 1 amide bonds. The fourth-order valence-electron chi connectivity index (χ4n) is 1.93. The van der Waals surface area contributed by atoms with Crippen molar-refractivity contribution in [2.24, 2.45) is 0 Å². The minimum Gasteiger partial charge on any atom is -0.420 e. The molecule has 0 aliphatic carbocycles. The lowest BCUT2D eigenvalue weighted by Gasteiger charge is -2.00. The number of carbonyl (C=O) groups is 1. The summed E-state index contributed by atoms with van der Waals surface area (Å²) in [5.41, 5.74) is 0.865. The van der Waals surface area contributed by atoms with Gasteiger partial charge >= 0.3 is 0 Å². The van der Waals surface area contributed by atoms with Crippen LogP contribution in [0.25, 0.3) is 11.5 Å². The Balaban J connectivity index is 1.49. The minimum atomic E-state index is 0.0113. The lowest BCUT2D eigenvalue weighted by Crippen LogP contribution is -2.25. The highest BCUT2D eigenvalue weighted by molar-refractivity contribution is 9.10. The van der Waals surface area contributed by atoms with Gasteiger partial charge in [-0.25, -0.2) is 0 Å². The average molecular weight is 486 g/mol. The molecule has 0 spiro atoms. The van der Waals surface area contributed by atoms with E-state index in [0.29, 0.717) is 29.8 Å². The molecule has 0 aliphatic heterocycles. The van der Waals surface area contributed by atoms with Crippen LogP contribution in [0.2, 0.25) is 0 Å². The predicted octanol–water partition coefficient (Wildman–Crippen LogP) is 4.26. The summed E-state index contributed by atoms with van der Waals surface area (Å²) in [6, 6.07) is 7.70. The quantitative estimate of drug-likeness (QED) is 0.449. The number of halogens is 1. The van der Waals surface area contributed by atoms with E-state index in [2.05, 4.69) is 41.6 Å². The number of amides is 1. The van der Waals surface area contributed by atoms with Crippen molar-refractivity contribution in [3.8, 4) is 11.5 Å². The summed E-state index contributed by atoms with van der Waals surface area (Å²) in [7, 11) is 0. The van der Waals surface area contributed by atoms with Gasteiger partial charge in [-0.05, 0) is 24.6 Å². The Morgan fingerprint density at radius 2 is 2.04 bits per heavy atom. The van der Waals surface area contributed by atoms with Crippen molar-refractivity contribution in [2.75, 3.05) is 12.3 Å². The Morgan fingerprint density at radius 1 is 1.22 bits per heavy atom. The summed E-state index contributed by atoms with van der Waals surface area (Å²) < 4.78 is 8.23. The zero-order chi connectivity index (χ0) is 19.1. The normalized spacial score (nSPS) is 10.9. The lowest BCUT2D eigenvalue weighted by atomic mass is 10.2. The molecule has 0 unspecified atom stereocenters. The SMILES string of the molecule is CCCNC(=O)CSc1nnc(SCc2nnc(-c3cccc(Br)c3)o2)s1. The van der Waals surface area contributed by atoms with Gasteiger partial charge in [0.05, 0.1) is 11.5 Å². The van der Waals surface area contributed by atoms with Crippen molar-refractivity contribution < 1.29 is 9.21 Å². The third-order valence-corrected chi connectivity index (χ3v) is 6.81. The highest BCUT2D eigenvalue weighted by Crippen LogP contribution is 2.31. The zero-order valence-electron chi connectivity index (χ0n) is 14.3. The van der Waals surface area contributed by atoms with Crippen LogP contribution in [0, 0.1) is 0 Å². The van der Waals surface area contributed by atoms with Crippen LogP contribution in [0.15, 0.2) is 41.8 Å². The second kappa shape index (κ2) is 10.2. The first-order chi connectivity index (χ1) is 13.1. The minimum absolute atomic E-state index is 0.0113. The van der Waals surface area contributed by atoms with E-state index in [-0.39, 0.29) is 5.91 Å². The molecule has 142 valence electrons. The number of rotatable bonds is 9. The van der Waals surface area contributed by atoms with Gasteiger partial charge in [0.2, 0.25) is 17.7 Å². The van der Waals surface area contributed by atoms with E-state index < -0.39 is 0 Å². The predicted molar refractivity (Wildman–Crippen MR) is 111 cm³/mol. The van der Waals surface area contributed by atoms with Gasteiger partial charge in [-0.15, -0.1) is 20.4 Å². The number of benzene rings is 1.